The van der Waals surface area contributed by atoms with Gasteiger partial charge in [-0.15, -0.1) is 0 Å². The van der Waals surface area contributed by atoms with Gasteiger partial charge in [-0.2, -0.15) is 0 Å². The van der Waals surface area contributed by atoms with Crippen LogP contribution in [0.25, 0.3) is 0 Å². The molecule has 0 aromatic heterocycles. The summed E-state index contributed by atoms with van der Waals surface area (Å²) in [5.74, 6) is -0.0657. The maximum Gasteiger partial charge on any atom is 0.314 e. The monoisotopic (exact) mass is 322 g/mol. The molecule has 1 aromatic rings. The van der Waals surface area contributed by atoms with Gasteiger partial charge in [-0.1, -0.05) is 44.2 Å². The van der Waals surface area contributed by atoms with Gasteiger partial charge < -0.3 is 5.11 Å². The molecule has 2 fully saturated rings. The van der Waals surface area contributed by atoms with Crippen LogP contribution >= 0.6 is 0 Å². The molecule has 0 amide bonds. The van der Waals surface area contributed by atoms with Crippen molar-refractivity contribution in [2.75, 3.05) is 6.26 Å². The van der Waals surface area contributed by atoms with E-state index in [1.165, 1.54) is 31.4 Å². The minimum atomic E-state index is -3.25. The summed E-state index contributed by atoms with van der Waals surface area (Å²) in [6.45, 7) is 0. The molecule has 0 radical (unpaired) electrons. The molecule has 3 rings (SSSR count). The number of hydrogen-bond acceptors (Lipinski definition) is 3. The van der Waals surface area contributed by atoms with Crippen LogP contribution in [0.5, 0.6) is 0 Å². The lowest BCUT2D eigenvalue weighted by Crippen LogP contribution is -2.26. The molecule has 2 atom stereocenters. The van der Waals surface area contributed by atoms with Crippen molar-refractivity contribution >= 4 is 15.8 Å². The third-order valence-corrected chi connectivity index (χ3v) is 6.54. The third kappa shape index (κ3) is 2.56. The van der Waals surface area contributed by atoms with Crippen LogP contribution in [0.15, 0.2) is 29.2 Å². The van der Waals surface area contributed by atoms with Gasteiger partial charge in [-0.05, 0) is 36.0 Å². The first-order valence-corrected chi connectivity index (χ1v) is 9.79. The molecule has 5 heteroatoms. The summed E-state index contributed by atoms with van der Waals surface area (Å²) < 4.78 is 23.1. The first-order chi connectivity index (χ1) is 10.4. The van der Waals surface area contributed by atoms with Crippen LogP contribution in [0.3, 0.4) is 0 Å². The van der Waals surface area contributed by atoms with Crippen LogP contribution in [-0.2, 0) is 20.0 Å². The van der Waals surface area contributed by atoms with Gasteiger partial charge in [0, 0.05) is 6.26 Å². The Morgan fingerprint density at radius 1 is 1.14 bits per heavy atom. The Balaban J connectivity index is 1.88. The van der Waals surface area contributed by atoms with Crippen LogP contribution in [0.4, 0.5) is 0 Å². The molecular weight excluding hydrogens is 300 g/mol. The Morgan fingerprint density at radius 2 is 1.73 bits per heavy atom. The Hall–Kier alpha value is -1.36. The average molecular weight is 322 g/mol. The summed E-state index contributed by atoms with van der Waals surface area (Å²) in [4.78, 5) is 12.1. The lowest BCUT2D eigenvalue weighted by Gasteiger charge is -2.24. The summed E-state index contributed by atoms with van der Waals surface area (Å²) in [6.07, 6.45) is 7.75. The van der Waals surface area contributed by atoms with Crippen molar-refractivity contribution in [2.24, 2.45) is 11.8 Å². The Labute approximate surface area is 131 Å². The van der Waals surface area contributed by atoms with Crippen LogP contribution < -0.4 is 0 Å². The Bertz CT molecular complexity index is 671. The van der Waals surface area contributed by atoms with Gasteiger partial charge in [0.2, 0.25) is 0 Å². The standard InChI is InChI=1S/C17H22O4S/c1-22(20,21)14-9-7-13(8-10-14)17(16(18)19)11-15(17)12-5-3-2-4-6-12/h7-10,12,15H,2-6,11H2,1H3,(H,18,19)/t15-,17-/m0/s1. The zero-order valence-corrected chi connectivity index (χ0v) is 13.6. The molecule has 0 aliphatic heterocycles. The van der Waals surface area contributed by atoms with E-state index in [-0.39, 0.29) is 10.8 Å². The van der Waals surface area contributed by atoms with Gasteiger partial charge in [0.1, 0.15) is 0 Å². The summed E-state index contributed by atoms with van der Waals surface area (Å²) in [7, 11) is -3.25. The Morgan fingerprint density at radius 3 is 2.23 bits per heavy atom. The molecule has 0 saturated heterocycles. The lowest BCUT2D eigenvalue weighted by atomic mass is 9.80. The van der Waals surface area contributed by atoms with Crippen LogP contribution in [-0.4, -0.2) is 25.7 Å². The molecule has 22 heavy (non-hydrogen) atoms. The normalized spacial score (nSPS) is 29.2. The van der Waals surface area contributed by atoms with Gasteiger partial charge in [-0.3, -0.25) is 4.79 Å². The first kappa shape index (κ1) is 15.5. The number of aliphatic carboxylic acids is 1. The highest BCUT2D eigenvalue weighted by Crippen LogP contribution is 2.60. The van der Waals surface area contributed by atoms with Crippen molar-refractivity contribution < 1.29 is 18.3 Å². The molecule has 4 nitrogen and oxygen atoms in total. The minimum absolute atomic E-state index is 0.203. The number of carboxylic acid groups (broad SMARTS) is 1. The van der Waals surface area contributed by atoms with Gasteiger partial charge >= 0.3 is 5.97 Å². The maximum absolute atomic E-state index is 11.9. The van der Waals surface area contributed by atoms with Crippen LogP contribution in [0.1, 0.15) is 44.1 Å². The molecule has 2 aliphatic rings. The second kappa shape index (κ2) is 5.37. The second-order valence-corrected chi connectivity index (χ2v) is 8.80. The molecule has 0 spiro atoms. The molecular formula is C17H22O4S. The van der Waals surface area contributed by atoms with E-state index in [9.17, 15) is 18.3 Å². The van der Waals surface area contributed by atoms with Crippen molar-refractivity contribution in [3.05, 3.63) is 29.8 Å². The second-order valence-electron chi connectivity index (χ2n) is 6.78. The number of benzene rings is 1. The fourth-order valence-electron chi connectivity index (χ4n) is 4.09. The summed E-state index contributed by atoms with van der Waals surface area (Å²) in [5, 5.41) is 9.77. The average Bonchev–Trinajstić information content (AvgIpc) is 3.24. The van der Waals surface area contributed by atoms with Crippen LogP contribution in [0.2, 0.25) is 0 Å². The third-order valence-electron chi connectivity index (χ3n) is 5.41. The smallest absolute Gasteiger partial charge is 0.314 e. The maximum atomic E-state index is 11.9. The fourth-order valence-corrected chi connectivity index (χ4v) is 4.72. The van der Waals surface area contributed by atoms with E-state index in [1.807, 2.05) is 0 Å². The van der Waals surface area contributed by atoms with Gasteiger partial charge in [0.25, 0.3) is 0 Å². The van der Waals surface area contributed by atoms with Gasteiger partial charge in [0.15, 0.2) is 9.84 Å². The largest absolute Gasteiger partial charge is 0.481 e. The van der Waals surface area contributed by atoms with E-state index >= 15 is 0 Å². The predicted octanol–water partition coefficient (Wildman–Crippen LogP) is 3.01. The molecule has 120 valence electrons. The molecule has 1 aromatic carbocycles. The summed E-state index contributed by atoms with van der Waals surface area (Å²) in [5.41, 5.74) is -0.0409. The number of sulfone groups is 1. The molecule has 1 N–H and O–H groups in total. The number of carboxylic acids is 1. The van der Waals surface area contributed by atoms with Crippen molar-refractivity contribution in [3.8, 4) is 0 Å². The van der Waals surface area contributed by atoms with E-state index in [2.05, 4.69) is 0 Å². The SMILES string of the molecule is CS(=O)(=O)c1ccc([C@@]2(C(=O)O)C[C@H]2C2CCCCC2)cc1. The summed E-state index contributed by atoms with van der Waals surface area (Å²) in [6, 6.07) is 6.44. The van der Waals surface area contributed by atoms with Crippen molar-refractivity contribution in [1.82, 2.24) is 0 Å². The van der Waals surface area contributed by atoms with Gasteiger partial charge in [-0.25, -0.2) is 8.42 Å². The van der Waals surface area contributed by atoms with E-state index < -0.39 is 21.2 Å². The zero-order chi connectivity index (χ0) is 16.0. The highest BCUT2D eigenvalue weighted by Gasteiger charge is 2.63. The highest BCUT2D eigenvalue weighted by molar-refractivity contribution is 7.90. The van der Waals surface area contributed by atoms with Crippen molar-refractivity contribution in [2.45, 2.75) is 48.8 Å². The molecule has 0 unspecified atom stereocenters. The minimum Gasteiger partial charge on any atom is -0.481 e. The number of hydrogen-bond donors (Lipinski definition) is 1. The van der Waals surface area contributed by atoms with E-state index in [0.29, 0.717) is 12.3 Å². The lowest BCUT2D eigenvalue weighted by molar-refractivity contribution is -0.140. The van der Waals surface area contributed by atoms with E-state index in [0.717, 1.165) is 24.7 Å². The van der Waals surface area contributed by atoms with Crippen molar-refractivity contribution in [3.63, 3.8) is 0 Å². The molecule has 2 aliphatic carbocycles. The van der Waals surface area contributed by atoms with Crippen molar-refractivity contribution in [1.29, 1.82) is 0 Å². The topological polar surface area (TPSA) is 71.4 Å². The Kier molecular flexibility index (Phi) is 3.79. The fraction of sp³-hybridized carbons (Fsp3) is 0.588. The number of rotatable bonds is 4. The first-order valence-electron chi connectivity index (χ1n) is 7.90. The van der Waals surface area contributed by atoms with Gasteiger partial charge in [0.05, 0.1) is 10.3 Å². The van der Waals surface area contributed by atoms with E-state index in [4.69, 9.17) is 0 Å². The molecule has 0 heterocycles. The quantitative estimate of drug-likeness (QED) is 0.925. The van der Waals surface area contributed by atoms with E-state index in [1.54, 1.807) is 12.1 Å². The molecule has 2 saturated carbocycles. The zero-order valence-electron chi connectivity index (χ0n) is 12.8. The van der Waals surface area contributed by atoms with Crippen LogP contribution in [0, 0.1) is 11.8 Å². The number of carbonyl (C=O) groups is 1. The predicted molar refractivity (Wildman–Crippen MR) is 83.5 cm³/mol. The summed E-state index contributed by atoms with van der Waals surface area (Å²) >= 11 is 0. The highest BCUT2D eigenvalue weighted by atomic mass is 32.2. The molecule has 0 bridgehead atoms.